The Morgan fingerprint density at radius 1 is 1.38 bits per heavy atom. The van der Waals surface area contributed by atoms with Crippen LogP contribution in [0.1, 0.15) is 20.8 Å². The summed E-state index contributed by atoms with van der Waals surface area (Å²) in [6, 6.07) is 7.62. The van der Waals surface area contributed by atoms with E-state index in [4.69, 9.17) is 14.2 Å². The minimum atomic E-state index is -0.205. The molecule has 0 fully saturated rings. The molecule has 1 unspecified atom stereocenters. The van der Waals surface area contributed by atoms with E-state index in [-0.39, 0.29) is 24.7 Å². The number of nitrogens with zero attached hydrogens (tertiary/aromatic N) is 1. The number of carbonyl (C=O) groups is 1. The van der Waals surface area contributed by atoms with Crippen LogP contribution in [0.5, 0.6) is 11.5 Å². The van der Waals surface area contributed by atoms with Crippen molar-refractivity contribution in [2.75, 3.05) is 26.2 Å². The van der Waals surface area contributed by atoms with Crippen LogP contribution >= 0.6 is 0 Å². The maximum Gasteiger partial charge on any atom is 0.320 e. The lowest BCUT2D eigenvalue weighted by Crippen LogP contribution is -2.43. The highest BCUT2D eigenvalue weighted by Gasteiger charge is 2.23. The Hall–Kier alpha value is -1.75. The lowest BCUT2D eigenvalue weighted by molar-refractivity contribution is -0.149. The molecule has 116 valence electrons. The zero-order chi connectivity index (χ0) is 15.2. The van der Waals surface area contributed by atoms with Crippen molar-refractivity contribution in [3.63, 3.8) is 0 Å². The highest BCUT2D eigenvalue weighted by Crippen LogP contribution is 2.30. The molecular formula is C16H23NO4. The van der Waals surface area contributed by atoms with Gasteiger partial charge in [-0.1, -0.05) is 19.1 Å². The maximum absolute atomic E-state index is 11.7. The summed E-state index contributed by atoms with van der Waals surface area (Å²) in [6.07, 6.45) is -0.163. The van der Waals surface area contributed by atoms with E-state index >= 15 is 0 Å². The molecule has 1 aromatic carbocycles. The van der Waals surface area contributed by atoms with Gasteiger partial charge in [-0.3, -0.25) is 9.69 Å². The summed E-state index contributed by atoms with van der Waals surface area (Å²) in [7, 11) is 0. The molecule has 1 heterocycles. The fourth-order valence-corrected chi connectivity index (χ4v) is 2.23. The van der Waals surface area contributed by atoms with Gasteiger partial charge < -0.3 is 14.2 Å². The van der Waals surface area contributed by atoms with Crippen LogP contribution in [0, 0.1) is 0 Å². The summed E-state index contributed by atoms with van der Waals surface area (Å²) >= 11 is 0. The second kappa shape index (κ2) is 7.31. The minimum Gasteiger partial charge on any atom is -0.486 e. The van der Waals surface area contributed by atoms with Crippen molar-refractivity contribution in [3.05, 3.63) is 24.3 Å². The molecule has 1 aliphatic rings. The summed E-state index contributed by atoms with van der Waals surface area (Å²) in [5.74, 6) is 1.33. The number of hydrogen-bond donors (Lipinski definition) is 0. The molecule has 5 heteroatoms. The van der Waals surface area contributed by atoms with E-state index in [1.165, 1.54) is 0 Å². The van der Waals surface area contributed by atoms with E-state index in [1.54, 1.807) is 0 Å². The number of hydrogen-bond acceptors (Lipinski definition) is 5. The zero-order valence-electron chi connectivity index (χ0n) is 12.9. The van der Waals surface area contributed by atoms with Gasteiger partial charge in [-0.15, -0.1) is 0 Å². The second-order valence-electron chi connectivity index (χ2n) is 5.36. The highest BCUT2D eigenvalue weighted by molar-refractivity contribution is 5.71. The highest BCUT2D eigenvalue weighted by atomic mass is 16.6. The molecule has 0 radical (unpaired) electrons. The van der Waals surface area contributed by atoms with Crippen molar-refractivity contribution in [2.45, 2.75) is 33.0 Å². The third kappa shape index (κ3) is 4.63. The van der Waals surface area contributed by atoms with Gasteiger partial charge in [0.05, 0.1) is 12.6 Å². The second-order valence-corrected chi connectivity index (χ2v) is 5.36. The first kappa shape index (κ1) is 15.6. The fourth-order valence-electron chi connectivity index (χ4n) is 2.23. The summed E-state index contributed by atoms with van der Waals surface area (Å²) in [5, 5.41) is 0. The topological polar surface area (TPSA) is 48.0 Å². The molecule has 5 nitrogen and oxygen atoms in total. The van der Waals surface area contributed by atoms with Gasteiger partial charge in [0.15, 0.2) is 11.5 Å². The Bertz CT molecular complexity index is 475. The summed E-state index contributed by atoms with van der Waals surface area (Å²) in [6.45, 7) is 7.88. The maximum atomic E-state index is 11.7. The van der Waals surface area contributed by atoms with Crippen LogP contribution in [0.15, 0.2) is 24.3 Å². The van der Waals surface area contributed by atoms with Crippen LogP contribution in [-0.4, -0.2) is 49.3 Å². The van der Waals surface area contributed by atoms with Gasteiger partial charge >= 0.3 is 5.97 Å². The van der Waals surface area contributed by atoms with Gasteiger partial charge in [0, 0.05) is 6.54 Å². The van der Waals surface area contributed by atoms with E-state index in [2.05, 4.69) is 0 Å². The van der Waals surface area contributed by atoms with Crippen LogP contribution in [0.3, 0.4) is 0 Å². The van der Waals surface area contributed by atoms with Crippen molar-refractivity contribution >= 4 is 5.97 Å². The lowest BCUT2D eigenvalue weighted by atomic mass is 10.2. The van der Waals surface area contributed by atoms with E-state index in [0.29, 0.717) is 13.2 Å². The van der Waals surface area contributed by atoms with Gasteiger partial charge in [-0.25, -0.2) is 0 Å². The first-order valence-electron chi connectivity index (χ1n) is 7.38. The Morgan fingerprint density at radius 2 is 2.10 bits per heavy atom. The number of para-hydroxylation sites is 2. The average molecular weight is 293 g/mol. The van der Waals surface area contributed by atoms with E-state index in [1.807, 2.05) is 49.9 Å². The average Bonchev–Trinajstić information content (AvgIpc) is 2.45. The number of esters is 1. The van der Waals surface area contributed by atoms with Gasteiger partial charge in [0.25, 0.3) is 0 Å². The molecule has 0 N–H and O–H groups in total. The summed E-state index contributed by atoms with van der Waals surface area (Å²) < 4.78 is 16.8. The molecule has 1 aromatic rings. The van der Waals surface area contributed by atoms with Crippen molar-refractivity contribution in [3.8, 4) is 11.5 Å². The lowest BCUT2D eigenvalue weighted by Gasteiger charge is -2.30. The van der Waals surface area contributed by atoms with Crippen LogP contribution in [0.25, 0.3) is 0 Å². The molecular weight excluding hydrogens is 270 g/mol. The fraction of sp³-hybridized carbons (Fsp3) is 0.562. The monoisotopic (exact) mass is 293 g/mol. The van der Waals surface area contributed by atoms with Crippen LogP contribution in [-0.2, 0) is 9.53 Å². The van der Waals surface area contributed by atoms with Crippen LogP contribution in [0.4, 0.5) is 0 Å². The minimum absolute atomic E-state index is 0.0771. The first-order valence-corrected chi connectivity index (χ1v) is 7.38. The largest absolute Gasteiger partial charge is 0.486 e. The van der Waals surface area contributed by atoms with Crippen molar-refractivity contribution in [2.24, 2.45) is 0 Å². The Balaban J connectivity index is 1.87. The summed E-state index contributed by atoms with van der Waals surface area (Å²) in [4.78, 5) is 13.7. The molecule has 0 aromatic heterocycles. The third-order valence-electron chi connectivity index (χ3n) is 3.20. The molecule has 0 saturated carbocycles. The van der Waals surface area contributed by atoms with Crippen molar-refractivity contribution in [1.82, 2.24) is 4.90 Å². The Labute approximate surface area is 125 Å². The van der Waals surface area contributed by atoms with Crippen LogP contribution in [0.2, 0.25) is 0 Å². The number of ether oxygens (including phenoxy) is 3. The van der Waals surface area contributed by atoms with Crippen molar-refractivity contribution < 1.29 is 19.0 Å². The Morgan fingerprint density at radius 3 is 2.76 bits per heavy atom. The normalized spacial score (nSPS) is 17.1. The predicted octanol–water partition coefficient (Wildman–Crippen LogP) is 2.10. The Kier molecular flexibility index (Phi) is 5.44. The number of carbonyl (C=O) groups excluding carboxylic acids is 1. The first-order chi connectivity index (χ1) is 10.1. The molecule has 0 aliphatic carbocycles. The molecule has 0 bridgehead atoms. The van der Waals surface area contributed by atoms with Gasteiger partial charge in [0.1, 0.15) is 12.7 Å². The zero-order valence-corrected chi connectivity index (χ0v) is 12.9. The standard InChI is InChI=1S/C16H23NO4/c1-4-17(10-16(18)20-12(2)3)9-13-11-19-14-7-5-6-8-15(14)21-13/h5-8,12-13H,4,9-11H2,1-3H3. The smallest absolute Gasteiger partial charge is 0.320 e. The summed E-state index contributed by atoms with van der Waals surface area (Å²) in [5.41, 5.74) is 0. The number of fused-ring (bicyclic) bond motifs is 1. The molecule has 2 rings (SSSR count). The molecule has 1 atom stereocenters. The SMILES string of the molecule is CCN(CC(=O)OC(C)C)CC1COc2ccccc2O1. The molecule has 21 heavy (non-hydrogen) atoms. The van der Waals surface area contributed by atoms with E-state index in [9.17, 15) is 4.79 Å². The molecule has 1 aliphatic heterocycles. The van der Waals surface area contributed by atoms with Gasteiger partial charge in [-0.05, 0) is 32.5 Å². The third-order valence-corrected chi connectivity index (χ3v) is 3.20. The number of rotatable bonds is 6. The number of likely N-dealkylation sites (N-methyl/N-ethyl adjacent to an activating group) is 1. The quantitative estimate of drug-likeness (QED) is 0.752. The molecule has 0 saturated heterocycles. The van der Waals surface area contributed by atoms with Gasteiger partial charge in [0.2, 0.25) is 0 Å². The van der Waals surface area contributed by atoms with Gasteiger partial charge in [-0.2, -0.15) is 0 Å². The number of benzene rings is 1. The molecule has 0 spiro atoms. The predicted molar refractivity (Wildman–Crippen MR) is 79.7 cm³/mol. The van der Waals surface area contributed by atoms with Crippen molar-refractivity contribution in [1.29, 1.82) is 0 Å². The molecule has 0 amide bonds. The van der Waals surface area contributed by atoms with E-state index < -0.39 is 0 Å². The van der Waals surface area contributed by atoms with E-state index in [0.717, 1.165) is 18.0 Å². The van der Waals surface area contributed by atoms with Crippen LogP contribution < -0.4 is 9.47 Å².